The molecule has 0 amide bonds. The molecule has 182 valence electrons. The van der Waals surface area contributed by atoms with E-state index in [4.69, 9.17) is 26.5 Å². The van der Waals surface area contributed by atoms with Gasteiger partial charge in [-0.2, -0.15) is 4.98 Å². The fourth-order valence-electron chi connectivity index (χ4n) is 4.35. The molecule has 1 aliphatic heterocycles. The van der Waals surface area contributed by atoms with Crippen molar-refractivity contribution in [3.8, 4) is 17.1 Å². The number of allylic oxidation sites excluding steroid dienone is 1. The topological polar surface area (TPSA) is 63.4 Å². The first-order valence-electron chi connectivity index (χ1n) is 12.0. The summed E-state index contributed by atoms with van der Waals surface area (Å²) in [5.74, 6) is 1.82. The Morgan fingerprint density at radius 2 is 1.56 bits per heavy atom. The monoisotopic (exact) mass is 496 g/mol. The Balaban J connectivity index is 1.61. The van der Waals surface area contributed by atoms with E-state index in [0.717, 1.165) is 33.8 Å². The number of anilines is 1. The molecule has 0 radical (unpaired) electrons. The standard InChI is InChI=1S/C29H28N4O2S/c1-5-34-24-16-14-23(15-17-24)33-20(4)25(26(30-29(33)36)21-10-6-18(2)7-11-21)28-31-27(32-35-28)22-12-8-19(3)9-13-22/h6-17,26H,5H2,1-4H3,(H,30,36). The second-order valence-corrected chi connectivity index (χ2v) is 9.23. The van der Waals surface area contributed by atoms with Crippen molar-refractivity contribution in [3.05, 3.63) is 101 Å². The zero-order valence-electron chi connectivity index (χ0n) is 20.8. The van der Waals surface area contributed by atoms with Gasteiger partial charge in [0.05, 0.1) is 18.2 Å². The summed E-state index contributed by atoms with van der Waals surface area (Å²) in [7, 11) is 0. The van der Waals surface area contributed by atoms with Gasteiger partial charge in [0.25, 0.3) is 5.89 Å². The highest BCUT2D eigenvalue weighted by atomic mass is 32.1. The Morgan fingerprint density at radius 1 is 0.917 bits per heavy atom. The summed E-state index contributed by atoms with van der Waals surface area (Å²) in [6.45, 7) is 8.75. The van der Waals surface area contributed by atoms with Gasteiger partial charge in [0, 0.05) is 16.9 Å². The van der Waals surface area contributed by atoms with Gasteiger partial charge in [-0.05, 0) is 69.7 Å². The number of nitrogens with one attached hydrogen (secondary N) is 1. The SMILES string of the molecule is CCOc1ccc(N2C(=S)NC(c3ccc(C)cc3)C(c3nc(-c4ccc(C)cc4)no3)=C2C)cc1. The van der Waals surface area contributed by atoms with Crippen LogP contribution in [-0.2, 0) is 0 Å². The van der Waals surface area contributed by atoms with Crippen molar-refractivity contribution in [2.24, 2.45) is 0 Å². The lowest BCUT2D eigenvalue weighted by Gasteiger charge is -2.37. The maximum absolute atomic E-state index is 5.86. The maximum Gasteiger partial charge on any atom is 0.258 e. The minimum atomic E-state index is -0.233. The molecule has 0 bridgehead atoms. The summed E-state index contributed by atoms with van der Waals surface area (Å²) >= 11 is 5.85. The summed E-state index contributed by atoms with van der Waals surface area (Å²) in [6, 6.07) is 24.1. The van der Waals surface area contributed by atoms with E-state index in [9.17, 15) is 0 Å². The van der Waals surface area contributed by atoms with Crippen LogP contribution in [0.1, 0.15) is 42.5 Å². The molecular weight excluding hydrogens is 468 g/mol. The first kappa shape index (κ1) is 23.8. The molecule has 0 saturated carbocycles. The molecule has 1 aliphatic rings. The van der Waals surface area contributed by atoms with E-state index in [1.54, 1.807) is 0 Å². The number of benzene rings is 3. The summed E-state index contributed by atoms with van der Waals surface area (Å²) in [5, 5.41) is 8.42. The Morgan fingerprint density at radius 3 is 2.19 bits per heavy atom. The zero-order valence-corrected chi connectivity index (χ0v) is 21.6. The fraction of sp³-hybridized carbons (Fsp3) is 0.207. The van der Waals surface area contributed by atoms with E-state index in [1.807, 2.05) is 67.3 Å². The van der Waals surface area contributed by atoms with Gasteiger partial charge in [0.15, 0.2) is 5.11 Å². The van der Waals surface area contributed by atoms with Gasteiger partial charge in [0.1, 0.15) is 5.75 Å². The lowest BCUT2D eigenvalue weighted by Crippen LogP contribution is -2.46. The van der Waals surface area contributed by atoms with Gasteiger partial charge in [-0.1, -0.05) is 64.8 Å². The fourth-order valence-corrected chi connectivity index (χ4v) is 4.71. The molecule has 6 nitrogen and oxygen atoms in total. The van der Waals surface area contributed by atoms with Gasteiger partial charge in [-0.3, -0.25) is 4.90 Å². The number of hydrogen-bond donors (Lipinski definition) is 1. The molecule has 0 fully saturated rings. The van der Waals surface area contributed by atoms with Crippen molar-refractivity contribution in [2.45, 2.75) is 33.7 Å². The van der Waals surface area contributed by atoms with E-state index in [0.29, 0.717) is 23.4 Å². The largest absolute Gasteiger partial charge is 0.494 e. The van der Waals surface area contributed by atoms with Crippen LogP contribution in [0, 0.1) is 13.8 Å². The highest BCUT2D eigenvalue weighted by molar-refractivity contribution is 7.80. The second kappa shape index (κ2) is 9.95. The molecular formula is C29H28N4O2S. The molecule has 0 spiro atoms. The average Bonchev–Trinajstić information content (AvgIpc) is 3.35. The van der Waals surface area contributed by atoms with Crippen molar-refractivity contribution >= 4 is 28.6 Å². The van der Waals surface area contributed by atoms with E-state index in [1.165, 1.54) is 11.1 Å². The van der Waals surface area contributed by atoms with Crippen molar-refractivity contribution in [1.29, 1.82) is 0 Å². The molecule has 0 aliphatic carbocycles. The van der Waals surface area contributed by atoms with E-state index < -0.39 is 0 Å². The first-order valence-corrected chi connectivity index (χ1v) is 12.4. The highest BCUT2D eigenvalue weighted by Crippen LogP contribution is 2.39. The van der Waals surface area contributed by atoms with E-state index in [-0.39, 0.29) is 6.04 Å². The molecule has 1 atom stereocenters. The summed E-state index contributed by atoms with van der Waals surface area (Å²) in [5.41, 5.74) is 7.07. The number of aryl methyl sites for hydroxylation is 2. The number of thiocarbonyl (C=S) groups is 1. The highest BCUT2D eigenvalue weighted by Gasteiger charge is 2.34. The van der Waals surface area contributed by atoms with Crippen LogP contribution in [0.2, 0.25) is 0 Å². The lowest BCUT2D eigenvalue weighted by molar-refractivity contribution is 0.340. The van der Waals surface area contributed by atoms with E-state index >= 15 is 0 Å². The normalized spacial score (nSPS) is 15.7. The molecule has 36 heavy (non-hydrogen) atoms. The summed E-state index contributed by atoms with van der Waals surface area (Å²) in [4.78, 5) is 6.80. The van der Waals surface area contributed by atoms with Gasteiger partial charge >= 0.3 is 0 Å². The number of hydrogen-bond acceptors (Lipinski definition) is 5. The summed E-state index contributed by atoms with van der Waals surface area (Å²) in [6.07, 6.45) is 0. The lowest BCUT2D eigenvalue weighted by atomic mass is 9.94. The predicted molar refractivity (Wildman–Crippen MR) is 147 cm³/mol. The van der Waals surface area contributed by atoms with Gasteiger partial charge in [0.2, 0.25) is 5.82 Å². The van der Waals surface area contributed by atoms with Crippen LogP contribution in [0.25, 0.3) is 17.0 Å². The van der Waals surface area contributed by atoms with Crippen LogP contribution in [0.3, 0.4) is 0 Å². The molecule has 5 rings (SSSR count). The molecule has 1 N–H and O–H groups in total. The van der Waals surface area contributed by atoms with Crippen LogP contribution < -0.4 is 15.0 Å². The van der Waals surface area contributed by atoms with Crippen molar-refractivity contribution < 1.29 is 9.26 Å². The minimum absolute atomic E-state index is 0.233. The zero-order chi connectivity index (χ0) is 25.2. The Kier molecular flexibility index (Phi) is 6.57. The maximum atomic E-state index is 5.86. The molecule has 3 aromatic carbocycles. The molecule has 7 heteroatoms. The van der Waals surface area contributed by atoms with E-state index in [2.05, 4.69) is 48.6 Å². The number of aromatic nitrogens is 2. The first-order chi connectivity index (χ1) is 17.4. The molecule has 4 aromatic rings. The van der Waals surface area contributed by atoms with Crippen LogP contribution in [0.4, 0.5) is 5.69 Å². The van der Waals surface area contributed by atoms with Crippen molar-refractivity contribution in [3.63, 3.8) is 0 Å². The van der Waals surface area contributed by atoms with Crippen LogP contribution in [0.5, 0.6) is 5.75 Å². The van der Waals surface area contributed by atoms with Gasteiger partial charge in [-0.25, -0.2) is 0 Å². The van der Waals surface area contributed by atoms with Gasteiger partial charge in [-0.15, -0.1) is 0 Å². The molecule has 0 saturated heterocycles. The minimum Gasteiger partial charge on any atom is -0.494 e. The quantitative estimate of drug-likeness (QED) is 0.301. The number of rotatable bonds is 6. The van der Waals surface area contributed by atoms with Crippen molar-refractivity contribution in [2.75, 3.05) is 11.5 Å². The Bertz CT molecular complexity index is 1410. The Hall–Kier alpha value is -3.97. The smallest absolute Gasteiger partial charge is 0.258 e. The van der Waals surface area contributed by atoms with Crippen LogP contribution in [0.15, 0.2) is 83.0 Å². The third-order valence-corrected chi connectivity index (χ3v) is 6.57. The third-order valence-electron chi connectivity index (χ3n) is 6.27. The third kappa shape index (κ3) is 4.62. The average molecular weight is 497 g/mol. The molecule has 1 unspecified atom stereocenters. The predicted octanol–water partition coefficient (Wildman–Crippen LogP) is 6.62. The van der Waals surface area contributed by atoms with Crippen LogP contribution in [-0.4, -0.2) is 21.9 Å². The molecule has 2 heterocycles. The van der Waals surface area contributed by atoms with Gasteiger partial charge < -0.3 is 14.6 Å². The van der Waals surface area contributed by atoms with Crippen LogP contribution >= 0.6 is 12.2 Å². The Labute approximate surface area is 216 Å². The molecule has 1 aromatic heterocycles. The number of ether oxygens (including phenoxy) is 1. The summed E-state index contributed by atoms with van der Waals surface area (Å²) < 4.78 is 11.5. The van der Waals surface area contributed by atoms with Crippen molar-refractivity contribution in [1.82, 2.24) is 15.5 Å². The second-order valence-electron chi connectivity index (χ2n) is 8.84. The number of nitrogens with zero attached hydrogens (tertiary/aromatic N) is 3.